The Hall–Kier alpha value is -3.62. The van der Waals surface area contributed by atoms with Crippen LogP contribution in [0.5, 0.6) is 0 Å². The maximum absolute atomic E-state index is 12.9. The Bertz CT molecular complexity index is 1720. The van der Waals surface area contributed by atoms with Gasteiger partial charge >= 0.3 is 12.1 Å². The predicted molar refractivity (Wildman–Crippen MR) is 235 cm³/mol. The number of carbonyl (C=O) groups excluding carboxylic acids is 4. The summed E-state index contributed by atoms with van der Waals surface area (Å²) < 4.78 is 4.94. The summed E-state index contributed by atoms with van der Waals surface area (Å²) in [6.45, 7) is 11.9. The fourth-order valence-corrected chi connectivity index (χ4v) is 9.07. The number of rotatable bonds is 6. The van der Waals surface area contributed by atoms with Gasteiger partial charge in [-0.1, -0.05) is 36.0 Å². The Kier molecular flexibility index (Phi) is 15.9. The number of carbonyl (C=O) groups is 4. The predicted octanol–water partition coefficient (Wildman–Crippen LogP) is 6.01. The number of hydrogen-bond donors (Lipinski definition) is 1. The molecule has 5 saturated heterocycles. The number of hydrogen-bond acceptors (Lipinski definition) is 7. The second-order valence-electron chi connectivity index (χ2n) is 17.4. The van der Waals surface area contributed by atoms with E-state index in [0.717, 1.165) is 90.5 Å². The molecule has 2 saturated carbocycles. The first-order valence-corrected chi connectivity index (χ1v) is 23.1. The third-order valence-corrected chi connectivity index (χ3v) is 13.8. The van der Waals surface area contributed by atoms with Gasteiger partial charge in [-0.3, -0.25) is 19.4 Å². The SMILES string of the molecule is C1CCOC1.CN(C(=O)c1ccc(Cl)cc1)C1CN(C(=O)N2CCCN(C3CCC3)CC2)C1.O=C(NC1CN(C(=O)N2CCCN(C3CCC3)CC2)C1)c1ccc(Cl)cc1. The van der Waals surface area contributed by atoms with Crippen LogP contribution >= 0.6 is 23.2 Å². The molecule has 15 heteroatoms. The normalized spacial score (nSPS) is 22.0. The molecular weight excluding hydrogens is 803 g/mol. The molecule has 5 aliphatic heterocycles. The molecular formula is C45H64Cl2N8O5. The molecule has 328 valence electrons. The van der Waals surface area contributed by atoms with E-state index < -0.39 is 0 Å². The third kappa shape index (κ3) is 11.6. The van der Waals surface area contributed by atoms with Gasteiger partial charge in [0, 0.05) is 132 Å². The molecule has 0 unspecified atom stereocenters. The molecule has 2 aromatic carbocycles. The summed E-state index contributed by atoms with van der Waals surface area (Å²) >= 11 is 11.8. The molecule has 13 nitrogen and oxygen atoms in total. The molecule has 5 heterocycles. The van der Waals surface area contributed by atoms with Crippen LogP contribution < -0.4 is 5.32 Å². The zero-order chi connectivity index (χ0) is 42.0. The zero-order valence-corrected chi connectivity index (χ0v) is 36.8. The van der Waals surface area contributed by atoms with Gasteiger partial charge in [0.15, 0.2) is 0 Å². The van der Waals surface area contributed by atoms with Crippen LogP contribution in [-0.4, -0.2) is 181 Å². The average molecular weight is 868 g/mol. The number of likely N-dealkylation sites (tertiary alicyclic amines) is 2. The Balaban J connectivity index is 0.000000162. The minimum atomic E-state index is -0.116. The summed E-state index contributed by atoms with van der Waals surface area (Å²) in [4.78, 5) is 65.0. The Labute approximate surface area is 366 Å². The number of urea groups is 2. The van der Waals surface area contributed by atoms with Crippen LogP contribution in [0.2, 0.25) is 10.0 Å². The molecule has 2 aromatic rings. The Morgan fingerprint density at radius 1 is 0.567 bits per heavy atom. The number of amides is 6. The van der Waals surface area contributed by atoms with E-state index in [1.807, 2.05) is 26.6 Å². The van der Waals surface area contributed by atoms with Gasteiger partial charge in [-0.2, -0.15) is 0 Å². The summed E-state index contributed by atoms with van der Waals surface area (Å²) in [5.41, 5.74) is 1.22. The van der Waals surface area contributed by atoms with Crippen LogP contribution in [0.25, 0.3) is 0 Å². The highest BCUT2D eigenvalue weighted by atomic mass is 35.5. The number of ether oxygens (including phenoxy) is 1. The third-order valence-electron chi connectivity index (χ3n) is 13.3. The lowest BCUT2D eigenvalue weighted by Gasteiger charge is -2.45. The number of likely N-dealkylation sites (N-methyl/N-ethyl adjacent to an activating group) is 1. The smallest absolute Gasteiger partial charge is 0.320 e. The van der Waals surface area contributed by atoms with Crippen molar-refractivity contribution in [3.05, 3.63) is 69.7 Å². The highest BCUT2D eigenvalue weighted by Crippen LogP contribution is 2.28. The molecule has 0 radical (unpaired) electrons. The lowest BCUT2D eigenvalue weighted by molar-refractivity contribution is 0.0409. The summed E-state index contributed by atoms with van der Waals surface area (Å²) in [7, 11) is 1.81. The van der Waals surface area contributed by atoms with Crippen LogP contribution in [0.4, 0.5) is 9.59 Å². The molecule has 0 aromatic heterocycles. The van der Waals surface area contributed by atoms with E-state index in [9.17, 15) is 19.2 Å². The van der Waals surface area contributed by atoms with Crippen molar-refractivity contribution < 1.29 is 23.9 Å². The standard InChI is InChI=1S/C21H29ClN4O2.C20H27ClN4O2.C4H8O/c1-23(20(27)16-6-8-17(22)9-7-16)19-14-26(15-19)21(28)25-11-3-10-24(12-13-25)18-4-2-5-18;21-16-7-5-15(6-8-16)19(26)22-17-13-25(14-17)20(27)24-10-2-9-23(11-12-24)18-3-1-4-18;1-2-4-5-3-1/h6-9,18-19H,2-5,10-15H2,1H3;5-8,17-18H,1-4,9-14H2,(H,22,26);1-4H2. The van der Waals surface area contributed by atoms with Crippen molar-refractivity contribution in [2.75, 3.05) is 98.8 Å². The van der Waals surface area contributed by atoms with Crippen molar-refractivity contribution in [3.8, 4) is 0 Å². The van der Waals surface area contributed by atoms with Gasteiger partial charge in [0.2, 0.25) is 0 Å². The van der Waals surface area contributed by atoms with E-state index in [1.165, 1.54) is 51.4 Å². The van der Waals surface area contributed by atoms with Crippen molar-refractivity contribution in [2.24, 2.45) is 0 Å². The van der Waals surface area contributed by atoms with E-state index >= 15 is 0 Å². The lowest BCUT2D eigenvalue weighted by Crippen LogP contribution is -2.63. The molecule has 0 spiro atoms. The average Bonchev–Trinajstić information content (AvgIpc) is 3.56. The maximum Gasteiger partial charge on any atom is 0.320 e. The fraction of sp³-hybridized carbons (Fsp3) is 0.644. The first-order chi connectivity index (χ1) is 29.1. The second-order valence-corrected chi connectivity index (χ2v) is 18.2. The van der Waals surface area contributed by atoms with Gasteiger partial charge in [0.25, 0.3) is 11.8 Å². The van der Waals surface area contributed by atoms with Gasteiger partial charge in [0.05, 0.1) is 12.1 Å². The minimum absolute atomic E-state index is 0.0237. The van der Waals surface area contributed by atoms with Crippen LogP contribution in [0.3, 0.4) is 0 Å². The van der Waals surface area contributed by atoms with Crippen molar-refractivity contribution in [3.63, 3.8) is 0 Å². The van der Waals surface area contributed by atoms with E-state index in [-0.39, 0.29) is 36.0 Å². The first kappa shape index (κ1) is 44.4. The number of nitrogens with zero attached hydrogens (tertiary/aromatic N) is 7. The number of halogens is 2. The van der Waals surface area contributed by atoms with Crippen molar-refractivity contribution >= 4 is 47.1 Å². The highest BCUT2D eigenvalue weighted by Gasteiger charge is 2.39. The monoisotopic (exact) mass is 866 g/mol. The fourth-order valence-electron chi connectivity index (χ4n) is 8.82. The summed E-state index contributed by atoms with van der Waals surface area (Å²) in [6.07, 6.45) is 12.6. The lowest BCUT2D eigenvalue weighted by atomic mass is 9.91. The summed E-state index contributed by atoms with van der Waals surface area (Å²) in [6, 6.07) is 15.6. The quantitative estimate of drug-likeness (QED) is 0.379. The maximum atomic E-state index is 12.9. The van der Waals surface area contributed by atoms with Crippen LogP contribution in [0.15, 0.2) is 48.5 Å². The molecule has 6 amide bonds. The van der Waals surface area contributed by atoms with E-state index in [0.29, 0.717) is 47.4 Å². The molecule has 7 aliphatic rings. The van der Waals surface area contributed by atoms with E-state index in [2.05, 4.69) is 15.1 Å². The Morgan fingerprint density at radius 3 is 1.47 bits per heavy atom. The molecule has 0 bridgehead atoms. The van der Waals surface area contributed by atoms with Crippen LogP contribution in [0.1, 0.15) is 84.9 Å². The largest absolute Gasteiger partial charge is 0.381 e. The summed E-state index contributed by atoms with van der Waals surface area (Å²) in [5, 5.41) is 4.22. The molecule has 2 aliphatic carbocycles. The second kappa shape index (κ2) is 21.4. The van der Waals surface area contributed by atoms with Gasteiger partial charge < -0.3 is 34.6 Å². The molecule has 60 heavy (non-hydrogen) atoms. The first-order valence-electron chi connectivity index (χ1n) is 22.4. The van der Waals surface area contributed by atoms with Crippen molar-refractivity contribution in [1.29, 1.82) is 0 Å². The zero-order valence-electron chi connectivity index (χ0n) is 35.3. The molecule has 7 fully saturated rings. The molecule has 0 atom stereocenters. The topological polar surface area (TPSA) is 112 Å². The van der Waals surface area contributed by atoms with Crippen LogP contribution in [0, 0.1) is 0 Å². The van der Waals surface area contributed by atoms with E-state index in [1.54, 1.807) is 53.4 Å². The van der Waals surface area contributed by atoms with Gasteiger partial charge in [-0.15, -0.1) is 0 Å². The van der Waals surface area contributed by atoms with Gasteiger partial charge in [-0.25, -0.2) is 9.59 Å². The number of benzene rings is 2. The molecule has 9 rings (SSSR count). The summed E-state index contributed by atoms with van der Waals surface area (Å²) in [5.74, 6) is -0.144. The van der Waals surface area contributed by atoms with Gasteiger partial charge in [0.1, 0.15) is 0 Å². The number of nitrogens with one attached hydrogen (secondary N) is 1. The van der Waals surface area contributed by atoms with E-state index in [4.69, 9.17) is 27.9 Å². The highest BCUT2D eigenvalue weighted by molar-refractivity contribution is 6.31. The molecule has 1 N–H and O–H groups in total. The van der Waals surface area contributed by atoms with Crippen molar-refractivity contribution in [2.45, 2.75) is 88.4 Å². The van der Waals surface area contributed by atoms with Crippen LogP contribution in [-0.2, 0) is 4.74 Å². The minimum Gasteiger partial charge on any atom is -0.381 e. The Morgan fingerprint density at radius 2 is 1.03 bits per heavy atom. The van der Waals surface area contributed by atoms with Gasteiger partial charge in [-0.05, 0) is 99.9 Å². The van der Waals surface area contributed by atoms with Crippen molar-refractivity contribution in [1.82, 2.24) is 39.6 Å².